The van der Waals surface area contributed by atoms with Crippen LogP contribution in [0.2, 0.25) is 0 Å². The number of nitrogens with one attached hydrogen (secondary N) is 1. The molecule has 0 spiro atoms. The zero-order chi connectivity index (χ0) is 11.6. The van der Waals surface area contributed by atoms with Gasteiger partial charge in [0.25, 0.3) is 0 Å². The van der Waals surface area contributed by atoms with E-state index in [9.17, 15) is 0 Å². The first-order chi connectivity index (χ1) is 7.64. The number of nitrogens with zero attached hydrogens (tertiary/aromatic N) is 1. The molecule has 3 atom stereocenters. The highest BCUT2D eigenvalue weighted by Gasteiger charge is 2.36. The maximum absolute atomic E-state index is 5.68. The summed E-state index contributed by atoms with van der Waals surface area (Å²) < 4.78 is 5.68. The molecule has 2 aliphatic heterocycles. The first-order valence-corrected chi connectivity index (χ1v) is 6.64. The molecule has 3 unspecified atom stereocenters. The van der Waals surface area contributed by atoms with Crippen molar-refractivity contribution < 1.29 is 4.74 Å². The van der Waals surface area contributed by atoms with Gasteiger partial charge in [0.1, 0.15) is 0 Å². The van der Waals surface area contributed by atoms with Gasteiger partial charge in [0.15, 0.2) is 0 Å². The maximum atomic E-state index is 5.68. The summed E-state index contributed by atoms with van der Waals surface area (Å²) in [4.78, 5) is 2.67. The Morgan fingerprint density at radius 3 is 2.94 bits per heavy atom. The Bertz CT molecular complexity index is 234. The minimum absolute atomic E-state index is 0.0862. The van der Waals surface area contributed by atoms with Crippen LogP contribution in [0.5, 0.6) is 0 Å². The Labute approximate surface area is 99.5 Å². The third-order valence-corrected chi connectivity index (χ3v) is 4.39. The first kappa shape index (κ1) is 12.3. The molecule has 0 aromatic rings. The lowest BCUT2D eigenvalue weighted by molar-refractivity contribution is -0.0694. The Morgan fingerprint density at radius 2 is 2.25 bits per heavy atom. The first-order valence-electron chi connectivity index (χ1n) is 6.64. The Kier molecular flexibility index (Phi) is 3.88. The molecular weight excluding hydrogens is 200 g/mol. The molecule has 0 bridgehead atoms. The molecule has 2 aliphatic rings. The topological polar surface area (TPSA) is 24.5 Å². The predicted octanol–water partition coefficient (Wildman–Crippen LogP) is 1.49. The fourth-order valence-electron chi connectivity index (χ4n) is 3.24. The molecule has 16 heavy (non-hydrogen) atoms. The molecule has 2 heterocycles. The lowest BCUT2D eigenvalue weighted by Crippen LogP contribution is -2.56. The highest BCUT2D eigenvalue weighted by atomic mass is 16.5. The van der Waals surface area contributed by atoms with Crippen LogP contribution in [-0.4, -0.2) is 49.8 Å². The van der Waals surface area contributed by atoms with E-state index in [4.69, 9.17) is 4.74 Å². The second-order valence-electron chi connectivity index (χ2n) is 5.77. The minimum atomic E-state index is 0.0862. The smallest absolute Gasteiger partial charge is 0.0777 e. The number of rotatable bonds is 2. The van der Waals surface area contributed by atoms with E-state index in [1.54, 1.807) is 0 Å². The van der Waals surface area contributed by atoms with Crippen LogP contribution >= 0.6 is 0 Å². The van der Waals surface area contributed by atoms with E-state index < -0.39 is 0 Å². The molecule has 2 rings (SSSR count). The van der Waals surface area contributed by atoms with Crippen molar-refractivity contribution in [3.63, 3.8) is 0 Å². The van der Waals surface area contributed by atoms with Crippen molar-refractivity contribution in [1.29, 1.82) is 0 Å². The van der Waals surface area contributed by atoms with Gasteiger partial charge in [0.2, 0.25) is 0 Å². The van der Waals surface area contributed by atoms with Crippen LogP contribution in [0.25, 0.3) is 0 Å². The van der Waals surface area contributed by atoms with E-state index in [0.29, 0.717) is 0 Å². The van der Waals surface area contributed by atoms with Crippen molar-refractivity contribution in [3.05, 3.63) is 0 Å². The summed E-state index contributed by atoms with van der Waals surface area (Å²) in [7, 11) is 1.86. The summed E-state index contributed by atoms with van der Waals surface area (Å²) >= 11 is 0. The fraction of sp³-hybridized carbons (Fsp3) is 1.00. The van der Waals surface area contributed by atoms with Gasteiger partial charge in [0.05, 0.1) is 5.60 Å². The zero-order valence-corrected chi connectivity index (χ0v) is 11.0. The number of likely N-dealkylation sites (tertiary alicyclic amines) is 1. The van der Waals surface area contributed by atoms with Crippen LogP contribution in [0.3, 0.4) is 0 Å². The lowest BCUT2D eigenvalue weighted by atomic mass is 9.88. The quantitative estimate of drug-likeness (QED) is 0.772. The average Bonchev–Trinajstić information content (AvgIpc) is 2.30. The van der Waals surface area contributed by atoms with Gasteiger partial charge in [-0.15, -0.1) is 0 Å². The zero-order valence-electron chi connectivity index (χ0n) is 11.0. The SMILES string of the molecule is COC1(C)CCCN(C2CCNCC2C)C1. The lowest BCUT2D eigenvalue weighted by Gasteiger charge is -2.46. The van der Waals surface area contributed by atoms with Crippen molar-refractivity contribution in [2.45, 2.75) is 44.8 Å². The van der Waals surface area contributed by atoms with Gasteiger partial charge < -0.3 is 10.1 Å². The largest absolute Gasteiger partial charge is 0.377 e. The molecule has 3 nitrogen and oxygen atoms in total. The number of piperidine rings is 2. The molecule has 2 fully saturated rings. The van der Waals surface area contributed by atoms with Crippen LogP contribution < -0.4 is 5.32 Å². The highest BCUT2D eigenvalue weighted by molar-refractivity contribution is 4.91. The van der Waals surface area contributed by atoms with Gasteiger partial charge in [-0.3, -0.25) is 4.90 Å². The molecule has 0 amide bonds. The van der Waals surface area contributed by atoms with Gasteiger partial charge in [0, 0.05) is 19.7 Å². The van der Waals surface area contributed by atoms with E-state index in [0.717, 1.165) is 18.5 Å². The summed E-state index contributed by atoms with van der Waals surface area (Å²) in [6.07, 6.45) is 3.78. The summed E-state index contributed by atoms with van der Waals surface area (Å²) in [5, 5.41) is 3.48. The summed E-state index contributed by atoms with van der Waals surface area (Å²) in [6.45, 7) is 9.34. The molecular formula is C13H26N2O. The van der Waals surface area contributed by atoms with Crippen LogP contribution in [0.4, 0.5) is 0 Å². The van der Waals surface area contributed by atoms with Crippen LogP contribution in [0.1, 0.15) is 33.1 Å². The second-order valence-corrected chi connectivity index (χ2v) is 5.77. The third-order valence-electron chi connectivity index (χ3n) is 4.39. The van der Waals surface area contributed by atoms with E-state index in [1.807, 2.05) is 7.11 Å². The van der Waals surface area contributed by atoms with E-state index in [1.165, 1.54) is 38.9 Å². The van der Waals surface area contributed by atoms with Crippen LogP contribution in [-0.2, 0) is 4.74 Å². The summed E-state index contributed by atoms with van der Waals surface area (Å²) in [5.41, 5.74) is 0.0862. The molecule has 0 aromatic carbocycles. The van der Waals surface area contributed by atoms with Crippen molar-refractivity contribution >= 4 is 0 Å². The van der Waals surface area contributed by atoms with Crippen molar-refractivity contribution in [2.24, 2.45) is 5.92 Å². The maximum Gasteiger partial charge on any atom is 0.0777 e. The van der Waals surface area contributed by atoms with Crippen LogP contribution in [0.15, 0.2) is 0 Å². The van der Waals surface area contributed by atoms with Gasteiger partial charge in [-0.05, 0) is 51.7 Å². The molecule has 1 N–H and O–H groups in total. The predicted molar refractivity (Wildman–Crippen MR) is 66.7 cm³/mol. The van der Waals surface area contributed by atoms with Gasteiger partial charge >= 0.3 is 0 Å². The average molecular weight is 226 g/mol. The molecule has 0 saturated carbocycles. The van der Waals surface area contributed by atoms with Gasteiger partial charge in [-0.2, -0.15) is 0 Å². The Morgan fingerprint density at radius 1 is 1.44 bits per heavy atom. The van der Waals surface area contributed by atoms with Crippen molar-refractivity contribution in [3.8, 4) is 0 Å². The number of methoxy groups -OCH3 is 1. The van der Waals surface area contributed by atoms with Crippen molar-refractivity contribution in [2.75, 3.05) is 33.3 Å². The summed E-state index contributed by atoms with van der Waals surface area (Å²) in [5.74, 6) is 0.771. The Hall–Kier alpha value is -0.120. The van der Waals surface area contributed by atoms with Crippen LogP contribution in [0, 0.1) is 5.92 Å². The molecule has 3 heteroatoms. The minimum Gasteiger partial charge on any atom is -0.377 e. The second kappa shape index (κ2) is 5.03. The number of hydrogen-bond acceptors (Lipinski definition) is 3. The molecule has 94 valence electrons. The van der Waals surface area contributed by atoms with E-state index in [2.05, 4.69) is 24.1 Å². The van der Waals surface area contributed by atoms with Crippen molar-refractivity contribution in [1.82, 2.24) is 10.2 Å². The molecule has 0 aromatic heterocycles. The van der Waals surface area contributed by atoms with E-state index >= 15 is 0 Å². The Balaban J connectivity index is 1.97. The monoisotopic (exact) mass is 226 g/mol. The number of hydrogen-bond donors (Lipinski definition) is 1. The molecule has 0 aliphatic carbocycles. The fourth-order valence-corrected chi connectivity index (χ4v) is 3.24. The molecule has 2 saturated heterocycles. The standard InChI is InChI=1S/C13H26N2O/c1-11-9-14-7-5-12(11)15-8-4-6-13(2,10-15)16-3/h11-12,14H,4-10H2,1-3H3. The van der Waals surface area contributed by atoms with E-state index in [-0.39, 0.29) is 5.60 Å². The highest BCUT2D eigenvalue weighted by Crippen LogP contribution is 2.28. The van der Waals surface area contributed by atoms with Gasteiger partial charge in [-0.1, -0.05) is 6.92 Å². The summed E-state index contributed by atoms with van der Waals surface area (Å²) in [6, 6.07) is 0.760. The third kappa shape index (κ3) is 2.58. The van der Waals surface area contributed by atoms with Gasteiger partial charge in [-0.25, -0.2) is 0 Å². The number of ether oxygens (including phenoxy) is 1. The normalized spacial score (nSPS) is 42.2. The molecule has 0 radical (unpaired) electrons.